The molecule has 0 unspecified atom stereocenters. The monoisotopic (exact) mass is 288 g/mol. The lowest BCUT2D eigenvalue weighted by molar-refractivity contribution is 0.292. The Morgan fingerprint density at radius 3 is 2.62 bits per heavy atom. The molecule has 0 saturated carbocycles. The van der Waals surface area contributed by atoms with Crippen molar-refractivity contribution in [2.75, 3.05) is 24.3 Å². The summed E-state index contributed by atoms with van der Waals surface area (Å²) in [6.45, 7) is 5.16. The molecule has 21 heavy (non-hydrogen) atoms. The SMILES string of the molecule is CCCOc1nc(NC)nc(NCc2ccc(C)nc2)n1. The van der Waals surface area contributed by atoms with E-state index < -0.39 is 0 Å². The smallest absolute Gasteiger partial charge is 0.323 e. The molecule has 2 rings (SSSR count). The molecular weight excluding hydrogens is 268 g/mol. The number of hydrogen-bond acceptors (Lipinski definition) is 7. The van der Waals surface area contributed by atoms with Gasteiger partial charge in [0.1, 0.15) is 0 Å². The van der Waals surface area contributed by atoms with Gasteiger partial charge in [-0.25, -0.2) is 0 Å². The van der Waals surface area contributed by atoms with Crippen molar-refractivity contribution in [1.29, 1.82) is 0 Å². The normalized spacial score (nSPS) is 10.2. The molecule has 0 saturated heterocycles. The van der Waals surface area contributed by atoms with Crippen LogP contribution in [0.3, 0.4) is 0 Å². The van der Waals surface area contributed by atoms with E-state index in [-0.39, 0.29) is 0 Å². The largest absolute Gasteiger partial charge is 0.463 e. The van der Waals surface area contributed by atoms with Crippen molar-refractivity contribution in [3.63, 3.8) is 0 Å². The molecule has 112 valence electrons. The quantitative estimate of drug-likeness (QED) is 0.806. The Hall–Kier alpha value is -2.44. The molecule has 0 fully saturated rings. The minimum atomic E-state index is 0.320. The van der Waals surface area contributed by atoms with Crippen molar-refractivity contribution in [3.05, 3.63) is 29.6 Å². The lowest BCUT2D eigenvalue weighted by Gasteiger charge is -2.09. The molecule has 0 bridgehead atoms. The van der Waals surface area contributed by atoms with Gasteiger partial charge in [0.05, 0.1) is 6.61 Å². The molecule has 0 aliphatic heterocycles. The van der Waals surface area contributed by atoms with Crippen LogP contribution in [-0.4, -0.2) is 33.6 Å². The van der Waals surface area contributed by atoms with Crippen LogP contribution in [0.4, 0.5) is 11.9 Å². The van der Waals surface area contributed by atoms with Crippen LogP contribution in [0.2, 0.25) is 0 Å². The highest BCUT2D eigenvalue weighted by molar-refractivity contribution is 5.36. The zero-order valence-corrected chi connectivity index (χ0v) is 12.6. The number of aryl methyl sites for hydroxylation is 1. The van der Waals surface area contributed by atoms with Gasteiger partial charge in [-0.1, -0.05) is 13.0 Å². The molecule has 0 atom stereocenters. The molecule has 2 aromatic rings. The highest BCUT2D eigenvalue weighted by atomic mass is 16.5. The Morgan fingerprint density at radius 2 is 1.95 bits per heavy atom. The predicted molar refractivity (Wildman–Crippen MR) is 81.5 cm³/mol. The van der Waals surface area contributed by atoms with Gasteiger partial charge >= 0.3 is 6.01 Å². The van der Waals surface area contributed by atoms with Gasteiger partial charge in [-0.15, -0.1) is 0 Å². The van der Waals surface area contributed by atoms with Crippen LogP contribution in [0.1, 0.15) is 24.6 Å². The van der Waals surface area contributed by atoms with Crippen LogP contribution >= 0.6 is 0 Å². The van der Waals surface area contributed by atoms with Crippen molar-refractivity contribution in [1.82, 2.24) is 19.9 Å². The van der Waals surface area contributed by atoms with Crippen LogP contribution in [0.5, 0.6) is 6.01 Å². The van der Waals surface area contributed by atoms with Crippen LogP contribution in [0.15, 0.2) is 18.3 Å². The standard InChI is InChI=1S/C14H20N6O/c1-4-7-21-14-19-12(15-3)18-13(20-14)17-9-11-6-5-10(2)16-8-11/h5-6,8H,4,7,9H2,1-3H3,(H2,15,17,18,19,20). The van der Waals surface area contributed by atoms with Crippen molar-refractivity contribution in [2.45, 2.75) is 26.8 Å². The van der Waals surface area contributed by atoms with Gasteiger partial charge < -0.3 is 15.4 Å². The molecule has 0 aliphatic carbocycles. The molecule has 2 heterocycles. The molecule has 7 nitrogen and oxygen atoms in total. The Balaban J connectivity index is 2.05. The summed E-state index contributed by atoms with van der Waals surface area (Å²) < 4.78 is 5.45. The zero-order valence-electron chi connectivity index (χ0n) is 12.6. The maximum Gasteiger partial charge on any atom is 0.323 e. The lowest BCUT2D eigenvalue weighted by atomic mass is 10.2. The number of hydrogen-bond donors (Lipinski definition) is 2. The van der Waals surface area contributed by atoms with Crippen molar-refractivity contribution < 1.29 is 4.74 Å². The minimum Gasteiger partial charge on any atom is -0.463 e. The molecule has 0 spiro atoms. The predicted octanol–water partition coefficient (Wildman–Crippen LogP) is 2.02. The number of pyridine rings is 1. The topological polar surface area (TPSA) is 84.9 Å². The average molecular weight is 288 g/mol. The first-order valence-electron chi connectivity index (χ1n) is 6.93. The molecule has 2 N–H and O–H groups in total. The number of anilines is 2. The van der Waals surface area contributed by atoms with Crippen LogP contribution in [0.25, 0.3) is 0 Å². The Kier molecular flexibility index (Phi) is 5.25. The third kappa shape index (κ3) is 4.55. The lowest BCUT2D eigenvalue weighted by Crippen LogP contribution is -2.10. The van der Waals surface area contributed by atoms with Gasteiger partial charge in [0, 0.05) is 25.5 Å². The number of aromatic nitrogens is 4. The fraction of sp³-hybridized carbons (Fsp3) is 0.429. The van der Waals surface area contributed by atoms with Gasteiger partial charge in [0.15, 0.2) is 0 Å². The Bertz CT molecular complexity index is 572. The summed E-state index contributed by atoms with van der Waals surface area (Å²) in [6, 6.07) is 4.31. The van der Waals surface area contributed by atoms with E-state index in [9.17, 15) is 0 Å². The fourth-order valence-electron chi connectivity index (χ4n) is 1.59. The van der Waals surface area contributed by atoms with E-state index in [0.717, 1.165) is 17.7 Å². The van der Waals surface area contributed by atoms with Crippen molar-refractivity contribution >= 4 is 11.9 Å². The van der Waals surface area contributed by atoms with E-state index in [0.29, 0.717) is 31.1 Å². The summed E-state index contributed by atoms with van der Waals surface area (Å²) in [5.74, 6) is 0.946. The molecule has 0 aliphatic rings. The first-order chi connectivity index (χ1) is 10.2. The van der Waals surface area contributed by atoms with E-state index >= 15 is 0 Å². The molecule has 0 radical (unpaired) electrons. The van der Waals surface area contributed by atoms with Crippen LogP contribution in [-0.2, 0) is 6.54 Å². The van der Waals surface area contributed by atoms with E-state index in [2.05, 4.69) is 30.6 Å². The maximum absolute atomic E-state index is 5.45. The van der Waals surface area contributed by atoms with Crippen LogP contribution < -0.4 is 15.4 Å². The van der Waals surface area contributed by atoms with Gasteiger partial charge in [-0.05, 0) is 25.0 Å². The second kappa shape index (κ2) is 7.37. The summed E-state index contributed by atoms with van der Waals surface area (Å²) in [7, 11) is 1.76. The molecule has 0 amide bonds. The molecule has 0 aromatic carbocycles. The van der Waals surface area contributed by atoms with E-state index in [1.807, 2.05) is 32.2 Å². The third-order valence-electron chi connectivity index (χ3n) is 2.70. The van der Waals surface area contributed by atoms with Gasteiger partial charge in [-0.2, -0.15) is 15.0 Å². The summed E-state index contributed by atoms with van der Waals surface area (Å²) in [4.78, 5) is 16.9. The summed E-state index contributed by atoms with van der Waals surface area (Å²) in [6.07, 6.45) is 2.73. The summed E-state index contributed by atoms with van der Waals surface area (Å²) in [5, 5.41) is 6.04. The number of ether oxygens (including phenoxy) is 1. The molecular formula is C14H20N6O. The van der Waals surface area contributed by atoms with E-state index in [4.69, 9.17) is 4.74 Å². The average Bonchev–Trinajstić information content (AvgIpc) is 2.52. The first kappa shape index (κ1) is 15.0. The third-order valence-corrected chi connectivity index (χ3v) is 2.70. The Labute approximate surface area is 124 Å². The van der Waals surface area contributed by atoms with Crippen LogP contribution in [0, 0.1) is 6.92 Å². The second-order valence-corrected chi connectivity index (χ2v) is 4.53. The highest BCUT2D eigenvalue weighted by Crippen LogP contribution is 2.12. The Morgan fingerprint density at radius 1 is 1.14 bits per heavy atom. The van der Waals surface area contributed by atoms with Gasteiger partial charge in [-0.3, -0.25) is 4.98 Å². The fourth-order valence-corrected chi connectivity index (χ4v) is 1.59. The first-order valence-corrected chi connectivity index (χ1v) is 6.93. The van der Waals surface area contributed by atoms with E-state index in [1.54, 1.807) is 7.05 Å². The number of nitrogens with zero attached hydrogens (tertiary/aromatic N) is 4. The molecule has 2 aromatic heterocycles. The molecule has 7 heteroatoms. The summed E-state index contributed by atoms with van der Waals surface area (Å²) in [5.41, 5.74) is 2.05. The summed E-state index contributed by atoms with van der Waals surface area (Å²) >= 11 is 0. The van der Waals surface area contributed by atoms with Crippen molar-refractivity contribution in [2.24, 2.45) is 0 Å². The number of nitrogens with one attached hydrogen (secondary N) is 2. The van der Waals surface area contributed by atoms with Gasteiger partial charge in [0.25, 0.3) is 0 Å². The highest BCUT2D eigenvalue weighted by Gasteiger charge is 2.06. The van der Waals surface area contributed by atoms with E-state index in [1.165, 1.54) is 0 Å². The number of rotatable bonds is 7. The van der Waals surface area contributed by atoms with Crippen molar-refractivity contribution in [3.8, 4) is 6.01 Å². The second-order valence-electron chi connectivity index (χ2n) is 4.53. The van der Waals surface area contributed by atoms with Gasteiger partial charge in [0.2, 0.25) is 11.9 Å². The zero-order chi connectivity index (χ0) is 15.1. The minimum absolute atomic E-state index is 0.320. The maximum atomic E-state index is 5.45.